The molecule has 3 rings (SSSR count). The molecule has 2 aromatic carbocycles. The zero-order valence-electron chi connectivity index (χ0n) is 15.0. The van der Waals surface area contributed by atoms with Crippen molar-refractivity contribution in [3.05, 3.63) is 60.4 Å². The van der Waals surface area contributed by atoms with Crippen molar-refractivity contribution < 1.29 is 19.1 Å². The minimum absolute atomic E-state index is 0.0445. The first-order chi connectivity index (χ1) is 13.1. The Morgan fingerprint density at radius 3 is 2.56 bits per heavy atom. The van der Waals surface area contributed by atoms with Gasteiger partial charge in [-0.25, -0.2) is 9.78 Å². The highest BCUT2D eigenvalue weighted by molar-refractivity contribution is 5.98. The number of nitrogens with zero attached hydrogens (tertiary/aromatic N) is 2. The maximum Gasteiger partial charge on any atom is 0.359 e. The minimum Gasteiger partial charge on any atom is -0.492 e. The van der Waals surface area contributed by atoms with E-state index in [4.69, 9.17) is 9.47 Å². The van der Waals surface area contributed by atoms with Crippen molar-refractivity contribution >= 4 is 28.6 Å². The van der Waals surface area contributed by atoms with Gasteiger partial charge in [-0.05, 0) is 38.1 Å². The zero-order chi connectivity index (χ0) is 19.2. The van der Waals surface area contributed by atoms with Crippen LogP contribution in [0.1, 0.15) is 24.3 Å². The second-order valence-electron chi connectivity index (χ2n) is 5.71. The Labute approximate surface area is 156 Å². The number of anilines is 1. The average molecular weight is 365 g/mol. The molecule has 0 aliphatic rings. The fourth-order valence-corrected chi connectivity index (χ4v) is 2.42. The molecule has 27 heavy (non-hydrogen) atoms. The summed E-state index contributed by atoms with van der Waals surface area (Å²) in [5, 5.41) is 2.70. The van der Waals surface area contributed by atoms with Crippen LogP contribution >= 0.6 is 0 Å². The summed E-state index contributed by atoms with van der Waals surface area (Å²) in [6.45, 7) is 3.82. The summed E-state index contributed by atoms with van der Waals surface area (Å²) in [5.41, 5.74) is 1.81. The van der Waals surface area contributed by atoms with Crippen molar-refractivity contribution in [2.75, 3.05) is 11.9 Å². The molecule has 1 aromatic heterocycles. The molecule has 1 atom stereocenters. The molecule has 1 unspecified atom stereocenters. The van der Waals surface area contributed by atoms with Gasteiger partial charge < -0.3 is 14.8 Å². The molecule has 0 spiro atoms. The Hall–Kier alpha value is -3.48. The number of rotatable bonds is 6. The van der Waals surface area contributed by atoms with Crippen molar-refractivity contribution in [1.82, 2.24) is 9.97 Å². The van der Waals surface area contributed by atoms with Crippen molar-refractivity contribution in [3.63, 3.8) is 0 Å². The van der Waals surface area contributed by atoms with Gasteiger partial charge >= 0.3 is 5.97 Å². The van der Waals surface area contributed by atoms with Crippen molar-refractivity contribution in [3.8, 4) is 5.75 Å². The van der Waals surface area contributed by atoms with E-state index in [-0.39, 0.29) is 5.69 Å². The molecule has 3 aromatic rings. The van der Waals surface area contributed by atoms with E-state index in [2.05, 4.69) is 15.3 Å². The third-order valence-corrected chi connectivity index (χ3v) is 3.76. The van der Waals surface area contributed by atoms with Gasteiger partial charge in [0.05, 0.1) is 29.5 Å². The molecule has 7 nitrogen and oxygen atoms in total. The van der Waals surface area contributed by atoms with Gasteiger partial charge in [-0.3, -0.25) is 9.78 Å². The van der Waals surface area contributed by atoms with E-state index in [0.29, 0.717) is 29.1 Å². The second kappa shape index (κ2) is 8.27. The van der Waals surface area contributed by atoms with E-state index in [1.54, 1.807) is 36.4 Å². The number of ether oxygens (including phenoxy) is 2. The fraction of sp³-hybridized carbons (Fsp3) is 0.200. The van der Waals surface area contributed by atoms with Crippen LogP contribution in [0.2, 0.25) is 0 Å². The monoisotopic (exact) mass is 365 g/mol. The summed E-state index contributed by atoms with van der Waals surface area (Å²) in [6.07, 6.45) is 0.320. The summed E-state index contributed by atoms with van der Waals surface area (Å²) >= 11 is 0. The van der Waals surface area contributed by atoms with Crippen LogP contribution in [0.25, 0.3) is 11.0 Å². The predicted molar refractivity (Wildman–Crippen MR) is 101 cm³/mol. The van der Waals surface area contributed by atoms with Crippen molar-refractivity contribution in [2.45, 2.75) is 20.0 Å². The van der Waals surface area contributed by atoms with E-state index in [1.165, 1.54) is 13.1 Å². The lowest BCUT2D eigenvalue weighted by Gasteiger charge is -2.15. The third-order valence-electron chi connectivity index (χ3n) is 3.76. The van der Waals surface area contributed by atoms with Crippen LogP contribution in [0.4, 0.5) is 5.69 Å². The Balaban J connectivity index is 1.67. The maximum atomic E-state index is 12.4. The molecule has 0 aliphatic heterocycles. The number of aromatic nitrogens is 2. The minimum atomic E-state index is -1.01. The molecule has 0 saturated carbocycles. The smallest absolute Gasteiger partial charge is 0.359 e. The van der Waals surface area contributed by atoms with Gasteiger partial charge in [0.15, 0.2) is 11.8 Å². The molecule has 0 fully saturated rings. The molecule has 0 aliphatic carbocycles. The second-order valence-corrected chi connectivity index (χ2v) is 5.71. The number of nitrogens with one attached hydrogen (secondary N) is 1. The van der Waals surface area contributed by atoms with Crippen LogP contribution in [0.5, 0.6) is 5.75 Å². The lowest BCUT2D eigenvalue weighted by atomic mass is 10.2. The van der Waals surface area contributed by atoms with Gasteiger partial charge in [0, 0.05) is 0 Å². The average Bonchev–Trinajstić information content (AvgIpc) is 2.69. The van der Waals surface area contributed by atoms with Crippen molar-refractivity contribution in [1.29, 1.82) is 0 Å². The summed E-state index contributed by atoms with van der Waals surface area (Å²) in [6, 6.07) is 14.2. The highest BCUT2D eigenvalue weighted by Gasteiger charge is 2.21. The molecular formula is C20H19N3O4. The van der Waals surface area contributed by atoms with E-state index < -0.39 is 18.0 Å². The Kier molecular flexibility index (Phi) is 5.61. The molecule has 0 saturated heterocycles. The maximum absolute atomic E-state index is 12.4. The number of carbonyl (C=O) groups is 2. The molecule has 1 N–H and O–H groups in total. The first kappa shape index (κ1) is 18.3. The number of hydrogen-bond acceptors (Lipinski definition) is 6. The number of esters is 1. The number of amides is 1. The summed E-state index contributed by atoms with van der Waals surface area (Å²) in [7, 11) is 0. The number of hydrogen-bond donors (Lipinski definition) is 1. The van der Waals surface area contributed by atoms with Gasteiger partial charge in [-0.1, -0.05) is 24.3 Å². The predicted octanol–water partition coefficient (Wildman–Crippen LogP) is 3.21. The largest absolute Gasteiger partial charge is 0.492 e. The quantitative estimate of drug-likeness (QED) is 0.675. The standard InChI is InChI=1S/C20H19N3O4/c1-3-26-18-11-7-6-10-16(18)23-19(24)13(2)27-20(25)17-12-21-14-8-4-5-9-15(14)22-17/h4-13H,3H2,1-2H3,(H,23,24). The molecule has 7 heteroatoms. The normalized spacial score (nSPS) is 11.6. The van der Waals surface area contributed by atoms with E-state index in [1.807, 2.05) is 19.1 Å². The zero-order valence-corrected chi connectivity index (χ0v) is 15.0. The molecule has 138 valence electrons. The summed E-state index contributed by atoms with van der Waals surface area (Å²) < 4.78 is 10.7. The van der Waals surface area contributed by atoms with Crippen molar-refractivity contribution in [2.24, 2.45) is 0 Å². The molecule has 1 amide bonds. The van der Waals surface area contributed by atoms with Crippen LogP contribution in [-0.4, -0.2) is 34.6 Å². The first-order valence-corrected chi connectivity index (χ1v) is 8.54. The fourth-order valence-electron chi connectivity index (χ4n) is 2.42. The number of carbonyl (C=O) groups excluding carboxylic acids is 2. The van der Waals surface area contributed by atoms with Crippen LogP contribution in [0.15, 0.2) is 54.7 Å². The van der Waals surface area contributed by atoms with E-state index >= 15 is 0 Å². The number of benzene rings is 2. The highest BCUT2D eigenvalue weighted by atomic mass is 16.5. The first-order valence-electron chi connectivity index (χ1n) is 8.54. The molecule has 0 bridgehead atoms. The van der Waals surface area contributed by atoms with Gasteiger partial charge in [0.1, 0.15) is 5.75 Å². The lowest BCUT2D eigenvalue weighted by Crippen LogP contribution is -2.30. The summed E-state index contributed by atoms with van der Waals surface area (Å²) in [5.74, 6) is -0.634. The van der Waals surface area contributed by atoms with Crippen LogP contribution < -0.4 is 10.1 Å². The van der Waals surface area contributed by atoms with Gasteiger partial charge in [0.25, 0.3) is 5.91 Å². The van der Waals surface area contributed by atoms with Crippen LogP contribution in [0, 0.1) is 0 Å². The van der Waals surface area contributed by atoms with Gasteiger partial charge in [-0.2, -0.15) is 0 Å². The lowest BCUT2D eigenvalue weighted by molar-refractivity contribution is -0.123. The number of para-hydroxylation sites is 4. The Bertz CT molecular complexity index is 974. The van der Waals surface area contributed by atoms with Crippen LogP contribution in [-0.2, 0) is 9.53 Å². The van der Waals surface area contributed by atoms with E-state index in [9.17, 15) is 9.59 Å². The van der Waals surface area contributed by atoms with E-state index in [0.717, 1.165) is 0 Å². The van der Waals surface area contributed by atoms with Crippen LogP contribution in [0.3, 0.4) is 0 Å². The third kappa shape index (κ3) is 4.38. The topological polar surface area (TPSA) is 90.4 Å². The molecular weight excluding hydrogens is 346 g/mol. The number of fused-ring (bicyclic) bond motifs is 1. The molecule has 0 radical (unpaired) electrons. The van der Waals surface area contributed by atoms with Gasteiger partial charge in [0.2, 0.25) is 0 Å². The summed E-state index contributed by atoms with van der Waals surface area (Å²) in [4.78, 5) is 33.1. The van der Waals surface area contributed by atoms with Gasteiger partial charge in [-0.15, -0.1) is 0 Å². The Morgan fingerprint density at radius 1 is 1.07 bits per heavy atom. The highest BCUT2D eigenvalue weighted by Crippen LogP contribution is 2.24. The SMILES string of the molecule is CCOc1ccccc1NC(=O)C(C)OC(=O)c1cnc2ccccc2n1. The molecule has 1 heterocycles. The Morgan fingerprint density at radius 2 is 1.78 bits per heavy atom.